The Morgan fingerprint density at radius 1 is 1.09 bits per heavy atom. The Kier molecular flexibility index (Phi) is 7.85. The maximum Gasteiger partial charge on any atom is 0.391 e. The predicted molar refractivity (Wildman–Crippen MR) is 126 cm³/mol. The van der Waals surface area contributed by atoms with Gasteiger partial charge in [-0.2, -0.15) is 18.4 Å². The molecule has 0 unspecified atom stereocenters. The summed E-state index contributed by atoms with van der Waals surface area (Å²) in [6.07, 6.45) is -0.536. The van der Waals surface area contributed by atoms with E-state index < -0.39 is 18.1 Å². The first-order valence-electron chi connectivity index (χ1n) is 12.4. The van der Waals surface area contributed by atoms with Crippen LogP contribution in [0, 0.1) is 23.2 Å². The number of fused-ring (bicyclic) bond motifs is 1. The molecule has 0 bridgehead atoms. The topological polar surface area (TPSA) is 73.6 Å². The largest absolute Gasteiger partial charge is 0.489 e. The minimum atomic E-state index is -4.16. The second-order valence-corrected chi connectivity index (χ2v) is 9.80. The number of ether oxygens (including phenoxy) is 1. The summed E-state index contributed by atoms with van der Waals surface area (Å²) < 4.78 is 44.9. The van der Waals surface area contributed by atoms with Crippen LogP contribution >= 0.6 is 0 Å². The van der Waals surface area contributed by atoms with Crippen LogP contribution in [0.1, 0.15) is 56.1 Å². The van der Waals surface area contributed by atoms with Gasteiger partial charge in [0.2, 0.25) is 0 Å². The van der Waals surface area contributed by atoms with Crippen LogP contribution in [0.3, 0.4) is 0 Å². The van der Waals surface area contributed by atoms with E-state index in [1.807, 2.05) is 18.2 Å². The van der Waals surface area contributed by atoms with Crippen molar-refractivity contribution in [3.63, 3.8) is 0 Å². The number of carbonyl (C=O) groups is 1. The monoisotopic (exact) mass is 488 g/mol. The van der Waals surface area contributed by atoms with Crippen LogP contribution in [0.2, 0.25) is 0 Å². The first-order valence-corrected chi connectivity index (χ1v) is 12.4. The minimum absolute atomic E-state index is 0.0573. The third kappa shape index (κ3) is 6.26. The van der Waals surface area contributed by atoms with Crippen molar-refractivity contribution < 1.29 is 27.8 Å². The summed E-state index contributed by atoms with van der Waals surface area (Å²) in [4.78, 5) is 13.4. The van der Waals surface area contributed by atoms with Crippen LogP contribution in [-0.4, -0.2) is 47.9 Å². The molecule has 0 radical (unpaired) electrons. The Labute approximate surface area is 203 Å². The SMILES string of the molecule is N#Cc1c(OC2CCC(C(F)(F)F)CC2)ccc2ccc(CCCN3CCC(C(=O)O)CC3)cc12. The highest BCUT2D eigenvalue weighted by Crippen LogP contribution is 2.39. The van der Waals surface area contributed by atoms with Gasteiger partial charge in [-0.15, -0.1) is 0 Å². The number of carboxylic acid groups (broad SMARTS) is 1. The van der Waals surface area contributed by atoms with E-state index >= 15 is 0 Å². The first kappa shape index (κ1) is 25.3. The molecule has 2 fully saturated rings. The van der Waals surface area contributed by atoms with Gasteiger partial charge in [-0.05, 0) is 94.1 Å². The molecular weight excluding hydrogens is 457 g/mol. The Bertz CT molecular complexity index is 1080. The first-order chi connectivity index (χ1) is 16.7. The number of nitrogens with zero attached hydrogens (tertiary/aromatic N) is 2. The van der Waals surface area contributed by atoms with E-state index in [1.54, 1.807) is 6.07 Å². The smallest absolute Gasteiger partial charge is 0.391 e. The number of piperidine rings is 1. The number of carboxylic acids is 1. The lowest BCUT2D eigenvalue weighted by molar-refractivity contribution is -0.185. The molecule has 1 saturated carbocycles. The van der Waals surface area contributed by atoms with Crippen LogP contribution in [0.4, 0.5) is 13.2 Å². The molecule has 0 atom stereocenters. The van der Waals surface area contributed by atoms with E-state index in [1.165, 1.54) is 0 Å². The van der Waals surface area contributed by atoms with Gasteiger partial charge in [-0.25, -0.2) is 0 Å². The average Bonchev–Trinajstić information content (AvgIpc) is 2.84. The number of likely N-dealkylation sites (tertiary alicyclic amines) is 1. The van der Waals surface area contributed by atoms with Gasteiger partial charge >= 0.3 is 12.1 Å². The quantitative estimate of drug-likeness (QED) is 0.522. The van der Waals surface area contributed by atoms with Gasteiger partial charge in [-0.3, -0.25) is 4.79 Å². The average molecular weight is 489 g/mol. The molecule has 0 amide bonds. The number of hydrogen-bond donors (Lipinski definition) is 1. The fourth-order valence-corrected chi connectivity index (χ4v) is 5.31. The van der Waals surface area contributed by atoms with Crippen molar-refractivity contribution in [3.05, 3.63) is 41.5 Å². The van der Waals surface area contributed by atoms with E-state index in [4.69, 9.17) is 9.84 Å². The summed E-state index contributed by atoms with van der Waals surface area (Å²) in [5, 5.41) is 20.7. The highest BCUT2D eigenvalue weighted by atomic mass is 19.4. The van der Waals surface area contributed by atoms with Crippen molar-refractivity contribution >= 4 is 16.7 Å². The molecule has 1 aliphatic carbocycles. The number of halogens is 3. The molecule has 8 heteroatoms. The molecule has 1 heterocycles. The lowest BCUT2D eigenvalue weighted by Crippen LogP contribution is -2.36. The zero-order valence-corrected chi connectivity index (χ0v) is 19.7. The number of hydrogen-bond acceptors (Lipinski definition) is 4. The van der Waals surface area contributed by atoms with Crippen LogP contribution in [0.25, 0.3) is 10.8 Å². The molecular formula is C27H31F3N2O3. The normalized spacial score (nSPS) is 22.1. The highest BCUT2D eigenvalue weighted by molar-refractivity contribution is 5.90. The molecule has 5 nitrogen and oxygen atoms in total. The van der Waals surface area contributed by atoms with E-state index in [-0.39, 0.29) is 24.9 Å². The van der Waals surface area contributed by atoms with Crippen molar-refractivity contribution in [3.8, 4) is 11.8 Å². The maximum absolute atomic E-state index is 13.0. The van der Waals surface area contributed by atoms with Crippen LogP contribution in [0.15, 0.2) is 30.3 Å². The standard InChI is InChI=1S/C27H31F3N2O3/c28-27(29,30)21-6-8-22(9-7-21)35-25-10-5-19-4-3-18(16-23(19)24(25)17-31)2-1-13-32-14-11-20(12-15-32)26(33)34/h3-5,10,16,20-22H,1-2,6-9,11-15H2,(H,33,34). The fourth-order valence-electron chi connectivity index (χ4n) is 5.31. The van der Waals surface area contributed by atoms with Crippen molar-refractivity contribution in [2.45, 2.75) is 63.6 Å². The summed E-state index contributed by atoms with van der Waals surface area (Å²) in [7, 11) is 0. The van der Waals surface area contributed by atoms with Crippen molar-refractivity contribution in [1.29, 1.82) is 5.26 Å². The van der Waals surface area contributed by atoms with Crippen LogP contribution in [0.5, 0.6) is 5.75 Å². The van der Waals surface area contributed by atoms with E-state index in [0.29, 0.717) is 37.0 Å². The number of aryl methyl sites for hydroxylation is 1. The lowest BCUT2D eigenvalue weighted by Gasteiger charge is -2.30. The van der Waals surface area contributed by atoms with Gasteiger partial charge in [0, 0.05) is 5.39 Å². The van der Waals surface area contributed by atoms with Crippen LogP contribution < -0.4 is 4.74 Å². The van der Waals surface area contributed by atoms with E-state index in [2.05, 4.69) is 17.0 Å². The van der Waals surface area contributed by atoms with Gasteiger partial charge < -0.3 is 14.7 Å². The molecule has 1 saturated heterocycles. The summed E-state index contributed by atoms with van der Waals surface area (Å²) in [5.41, 5.74) is 1.54. The van der Waals surface area contributed by atoms with Gasteiger partial charge in [0.25, 0.3) is 0 Å². The molecule has 2 aliphatic rings. The number of aliphatic carboxylic acids is 1. The Hall–Kier alpha value is -2.79. The Morgan fingerprint density at radius 3 is 2.40 bits per heavy atom. The van der Waals surface area contributed by atoms with Gasteiger partial charge in [0.15, 0.2) is 0 Å². The second-order valence-electron chi connectivity index (χ2n) is 9.80. The molecule has 1 aliphatic heterocycles. The minimum Gasteiger partial charge on any atom is -0.489 e. The lowest BCUT2D eigenvalue weighted by atomic mass is 9.87. The summed E-state index contributed by atoms with van der Waals surface area (Å²) in [6, 6.07) is 11.9. The highest BCUT2D eigenvalue weighted by Gasteiger charge is 2.41. The fraction of sp³-hybridized carbons (Fsp3) is 0.556. The number of benzene rings is 2. The van der Waals surface area contributed by atoms with E-state index in [9.17, 15) is 23.2 Å². The zero-order valence-electron chi connectivity index (χ0n) is 19.7. The summed E-state index contributed by atoms with van der Waals surface area (Å²) >= 11 is 0. The third-order valence-electron chi connectivity index (χ3n) is 7.47. The molecule has 188 valence electrons. The zero-order chi connectivity index (χ0) is 25.0. The van der Waals surface area contributed by atoms with Gasteiger partial charge in [0.1, 0.15) is 17.4 Å². The number of alkyl halides is 3. The second kappa shape index (κ2) is 10.9. The van der Waals surface area contributed by atoms with Crippen molar-refractivity contribution in [2.75, 3.05) is 19.6 Å². The Balaban J connectivity index is 1.37. The van der Waals surface area contributed by atoms with Gasteiger partial charge in [-0.1, -0.05) is 18.2 Å². The third-order valence-corrected chi connectivity index (χ3v) is 7.47. The molecule has 35 heavy (non-hydrogen) atoms. The predicted octanol–water partition coefficient (Wildman–Crippen LogP) is 5.94. The van der Waals surface area contributed by atoms with Crippen molar-refractivity contribution in [2.24, 2.45) is 11.8 Å². The Morgan fingerprint density at radius 2 is 1.77 bits per heavy atom. The molecule has 0 aromatic heterocycles. The number of nitriles is 1. The van der Waals surface area contributed by atoms with E-state index in [0.717, 1.165) is 48.8 Å². The van der Waals surface area contributed by atoms with Crippen LogP contribution in [-0.2, 0) is 11.2 Å². The molecule has 4 rings (SSSR count). The van der Waals surface area contributed by atoms with Crippen molar-refractivity contribution in [1.82, 2.24) is 4.90 Å². The molecule has 0 spiro atoms. The maximum atomic E-state index is 13.0. The molecule has 2 aromatic rings. The summed E-state index contributed by atoms with van der Waals surface area (Å²) in [5.74, 6) is -1.76. The summed E-state index contributed by atoms with van der Waals surface area (Å²) in [6.45, 7) is 2.51. The number of rotatable bonds is 7. The van der Waals surface area contributed by atoms with Gasteiger partial charge in [0.05, 0.1) is 17.9 Å². The molecule has 1 N–H and O–H groups in total. The molecule has 2 aromatic carbocycles.